The summed E-state index contributed by atoms with van der Waals surface area (Å²) in [6, 6.07) is 7.69. The van der Waals surface area contributed by atoms with Crippen LogP contribution in [0.15, 0.2) is 61.6 Å². The molecule has 1 aliphatic carbocycles. The lowest BCUT2D eigenvalue weighted by Crippen LogP contribution is -2.23. The molecule has 3 rings (SSSR count). The minimum atomic E-state index is -0.178. The van der Waals surface area contributed by atoms with Gasteiger partial charge in [-0.1, -0.05) is 44.1 Å². The van der Waals surface area contributed by atoms with Crippen molar-refractivity contribution in [3.63, 3.8) is 0 Å². The first-order chi connectivity index (χ1) is 14.2. The van der Waals surface area contributed by atoms with Gasteiger partial charge in [-0.2, -0.15) is 0 Å². The van der Waals surface area contributed by atoms with Gasteiger partial charge in [0.05, 0.1) is 5.69 Å². The van der Waals surface area contributed by atoms with Gasteiger partial charge in [0, 0.05) is 18.4 Å². The summed E-state index contributed by atoms with van der Waals surface area (Å²) in [6.45, 7) is 5.43. The third-order valence-electron chi connectivity index (χ3n) is 5.16. The SMILES string of the molecule is C=CN/C=C\C(=C/Cc1ccc(C)c(F)c1)c1ccnc(NC2CCCCC2)n1. The molecule has 0 bridgehead atoms. The molecule has 0 saturated heterocycles. The molecule has 5 heteroatoms. The molecule has 1 aromatic carbocycles. The molecule has 2 aromatic rings. The molecule has 1 aromatic heterocycles. The Morgan fingerprint density at radius 2 is 2.07 bits per heavy atom. The average molecular weight is 393 g/mol. The van der Waals surface area contributed by atoms with Crippen LogP contribution in [0.4, 0.5) is 10.3 Å². The normalized spacial score (nSPS) is 15.4. The number of anilines is 1. The number of aryl methyl sites for hydroxylation is 1. The molecule has 0 unspecified atom stereocenters. The fraction of sp³-hybridized carbons (Fsp3) is 0.333. The summed E-state index contributed by atoms with van der Waals surface area (Å²) in [5.41, 5.74) is 3.34. The van der Waals surface area contributed by atoms with E-state index in [9.17, 15) is 4.39 Å². The molecule has 2 N–H and O–H groups in total. The molecule has 0 radical (unpaired) electrons. The summed E-state index contributed by atoms with van der Waals surface area (Å²) in [7, 11) is 0. The summed E-state index contributed by atoms with van der Waals surface area (Å²) >= 11 is 0. The molecular weight excluding hydrogens is 363 g/mol. The van der Waals surface area contributed by atoms with Gasteiger partial charge < -0.3 is 10.6 Å². The van der Waals surface area contributed by atoms with Crippen LogP contribution >= 0.6 is 0 Å². The van der Waals surface area contributed by atoms with Crippen LogP contribution in [-0.4, -0.2) is 16.0 Å². The molecule has 0 atom stereocenters. The number of benzene rings is 1. The molecule has 0 amide bonds. The summed E-state index contributed by atoms with van der Waals surface area (Å²) < 4.78 is 13.9. The molecule has 1 saturated carbocycles. The monoisotopic (exact) mass is 392 g/mol. The van der Waals surface area contributed by atoms with Crippen molar-refractivity contribution in [1.29, 1.82) is 0 Å². The quantitative estimate of drug-likeness (QED) is 0.579. The Hall–Kier alpha value is -2.95. The van der Waals surface area contributed by atoms with Gasteiger partial charge in [-0.25, -0.2) is 14.4 Å². The predicted octanol–water partition coefficient (Wildman–Crippen LogP) is 5.54. The average Bonchev–Trinajstić information content (AvgIpc) is 2.74. The molecule has 1 aliphatic rings. The lowest BCUT2D eigenvalue weighted by molar-refractivity contribution is 0.461. The lowest BCUT2D eigenvalue weighted by atomic mass is 9.96. The fourth-order valence-corrected chi connectivity index (χ4v) is 3.47. The summed E-state index contributed by atoms with van der Waals surface area (Å²) in [6.07, 6.45) is 16.0. The van der Waals surface area contributed by atoms with Crippen molar-refractivity contribution in [3.8, 4) is 0 Å². The van der Waals surface area contributed by atoms with E-state index >= 15 is 0 Å². The highest BCUT2D eigenvalue weighted by atomic mass is 19.1. The predicted molar refractivity (Wildman–Crippen MR) is 118 cm³/mol. The third-order valence-corrected chi connectivity index (χ3v) is 5.16. The van der Waals surface area contributed by atoms with Gasteiger partial charge >= 0.3 is 0 Å². The van der Waals surface area contributed by atoms with Crippen LogP contribution < -0.4 is 10.6 Å². The number of hydrogen-bond acceptors (Lipinski definition) is 4. The Balaban J connectivity index is 1.80. The molecule has 0 aliphatic heterocycles. The van der Waals surface area contributed by atoms with Gasteiger partial charge in [0.15, 0.2) is 0 Å². The molecule has 152 valence electrons. The minimum Gasteiger partial charge on any atom is -0.368 e. The number of hydrogen-bond donors (Lipinski definition) is 2. The van der Waals surface area contributed by atoms with Gasteiger partial charge in [0.2, 0.25) is 5.95 Å². The number of aromatic nitrogens is 2. The number of allylic oxidation sites excluding steroid dienone is 3. The maximum Gasteiger partial charge on any atom is 0.223 e. The number of nitrogens with one attached hydrogen (secondary N) is 2. The second-order valence-corrected chi connectivity index (χ2v) is 7.40. The highest BCUT2D eigenvalue weighted by Gasteiger charge is 2.14. The Morgan fingerprint density at radius 1 is 1.24 bits per heavy atom. The zero-order valence-electron chi connectivity index (χ0n) is 17.0. The van der Waals surface area contributed by atoms with Gasteiger partial charge in [-0.05, 0) is 67.3 Å². The smallest absolute Gasteiger partial charge is 0.223 e. The molecule has 1 heterocycles. The van der Waals surface area contributed by atoms with Crippen molar-refractivity contribution in [2.75, 3.05) is 5.32 Å². The number of halogens is 1. The molecule has 4 nitrogen and oxygen atoms in total. The molecule has 1 fully saturated rings. The van der Waals surface area contributed by atoms with Crippen LogP contribution in [0.5, 0.6) is 0 Å². The van der Waals surface area contributed by atoms with E-state index in [1.165, 1.54) is 32.1 Å². The topological polar surface area (TPSA) is 49.8 Å². The van der Waals surface area contributed by atoms with Crippen molar-refractivity contribution >= 4 is 11.5 Å². The van der Waals surface area contributed by atoms with Gasteiger partial charge in [0.25, 0.3) is 0 Å². The minimum absolute atomic E-state index is 0.178. The number of nitrogens with zero attached hydrogens (tertiary/aromatic N) is 2. The third kappa shape index (κ3) is 6.28. The maximum atomic E-state index is 13.9. The second-order valence-electron chi connectivity index (χ2n) is 7.40. The van der Waals surface area contributed by atoms with Crippen molar-refractivity contribution in [1.82, 2.24) is 15.3 Å². The van der Waals surface area contributed by atoms with Crippen LogP contribution in [0.1, 0.15) is 48.9 Å². The van der Waals surface area contributed by atoms with Crippen molar-refractivity contribution in [2.45, 2.75) is 51.5 Å². The van der Waals surface area contributed by atoms with Crippen LogP contribution in [0.25, 0.3) is 5.57 Å². The Kier molecular flexibility index (Phi) is 7.56. The summed E-state index contributed by atoms with van der Waals surface area (Å²) in [4.78, 5) is 9.12. The van der Waals surface area contributed by atoms with E-state index in [4.69, 9.17) is 4.98 Å². The fourth-order valence-electron chi connectivity index (χ4n) is 3.47. The van der Waals surface area contributed by atoms with E-state index in [-0.39, 0.29) is 5.82 Å². The standard InChI is InChI=1S/C24H29FN4/c1-3-26-15-13-20(12-11-19-10-9-18(2)22(25)17-19)23-14-16-27-24(29-23)28-21-7-5-4-6-8-21/h3,9-10,12-17,21,26H,1,4-8,11H2,2H3,(H,27,28,29)/b15-13-,20-12+. The van der Waals surface area contributed by atoms with Crippen LogP contribution in [0.3, 0.4) is 0 Å². The Labute approximate surface area is 172 Å². The van der Waals surface area contributed by atoms with Gasteiger partial charge in [-0.15, -0.1) is 0 Å². The van der Waals surface area contributed by atoms with Gasteiger partial charge in [-0.3, -0.25) is 0 Å². The number of rotatable bonds is 8. The zero-order chi connectivity index (χ0) is 20.5. The molecule has 29 heavy (non-hydrogen) atoms. The summed E-state index contributed by atoms with van der Waals surface area (Å²) in [5.74, 6) is 0.481. The molecular formula is C24H29FN4. The molecule has 0 spiro atoms. The van der Waals surface area contributed by atoms with E-state index in [0.717, 1.165) is 16.8 Å². The van der Waals surface area contributed by atoms with Crippen molar-refractivity contribution < 1.29 is 4.39 Å². The second kappa shape index (κ2) is 10.6. The highest BCUT2D eigenvalue weighted by molar-refractivity contribution is 5.72. The van der Waals surface area contributed by atoms with E-state index in [1.54, 1.807) is 25.4 Å². The highest BCUT2D eigenvalue weighted by Crippen LogP contribution is 2.22. The van der Waals surface area contributed by atoms with Gasteiger partial charge in [0.1, 0.15) is 5.82 Å². The van der Waals surface area contributed by atoms with Crippen LogP contribution in [0.2, 0.25) is 0 Å². The first-order valence-electron chi connectivity index (χ1n) is 10.2. The van der Waals surface area contributed by atoms with Crippen molar-refractivity contribution in [2.24, 2.45) is 0 Å². The summed E-state index contributed by atoms with van der Waals surface area (Å²) in [5, 5.41) is 6.44. The lowest BCUT2D eigenvalue weighted by Gasteiger charge is -2.22. The van der Waals surface area contributed by atoms with Crippen LogP contribution in [0, 0.1) is 12.7 Å². The largest absolute Gasteiger partial charge is 0.368 e. The zero-order valence-corrected chi connectivity index (χ0v) is 17.0. The van der Waals surface area contributed by atoms with E-state index < -0.39 is 0 Å². The van der Waals surface area contributed by atoms with Crippen molar-refractivity contribution in [3.05, 3.63) is 84.2 Å². The maximum absolute atomic E-state index is 13.9. The van der Waals surface area contributed by atoms with E-state index in [2.05, 4.69) is 28.3 Å². The van der Waals surface area contributed by atoms with E-state index in [0.29, 0.717) is 24.0 Å². The first-order valence-corrected chi connectivity index (χ1v) is 10.2. The Morgan fingerprint density at radius 3 is 2.83 bits per heavy atom. The van der Waals surface area contributed by atoms with Crippen LogP contribution in [-0.2, 0) is 6.42 Å². The Bertz CT molecular complexity index is 882. The first kappa shape index (κ1) is 20.8. The van der Waals surface area contributed by atoms with E-state index in [1.807, 2.05) is 30.5 Å².